The van der Waals surface area contributed by atoms with E-state index in [0.29, 0.717) is 0 Å². The van der Waals surface area contributed by atoms with Gasteiger partial charge in [-0.2, -0.15) is 0 Å². The average Bonchev–Trinajstić information content (AvgIpc) is 3.08. The lowest BCUT2D eigenvalue weighted by Gasteiger charge is -2.09. The predicted octanol–water partition coefficient (Wildman–Crippen LogP) is 9.39. The van der Waals surface area contributed by atoms with Crippen LogP contribution in [0.15, 0.2) is 146 Å². The molecule has 0 saturated carbocycles. The molecule has 0 N–H and O–H groups in total. The van der Waals surface area contributed by atoms with Gasteiger partial charge in [-0.3, -0.25) is 9.97 Å². The van der Waals surface area contributed by atoms with E-state index in [1.807, 2.05) is 60.9 Å². The molecule has 196 valence electrons. The van der Waals surface area contributed by atoms with Gasteiger partial charge in [-0.25, -0.2) is 9.97 Å². The fourth-order valence-corrected chi connectivity index (χ4v) is 5.50. The topological polar surface area (TPSA) is 51.6 Å². The zero-order chi connectivity index (χ0) is 27.9. The first kappa shape index (κ1) is 24.1. The van der Waals surface area contributed by atoms with Crippen molar-refractivity contribution in [2.45, 2.75) is 0 Å². The summed E-state index contributed by atoms with van der Waals surface area (Å²) >= 11 is 0. The van der Waals surface area contributed by atoms with Crippen LogP contribution in [0.5, 0.6) is 0 Å². The van der Waals surface area contributed by atoms with Gasteiger partial charge in [0.25, 0.3) is 0 Å². The quantitative estimate of drug-likeness (QED) is 0.210. The van der Waals surface area contributed by atoms with Crippen molar-refractivity contribution in [2.75, 3.05) is 0 Å². The van der Waals surface area contributed by atoms with Crippen LogP contribution >= 0.6 is 0 Å². The molecule has 4 heteroatoms. The first-order chi connectivity index (χ1) is 20.8. The molecule has 8 aromatic rings. The largest absolute Gasteiger partial charge is 0.252 e. The van der Waals surface area contributed by atoms with Gasteiger partial charge in [0.05, 0.1) is 46.2 Å². The van der Waals surface area contributed by atoms with Gasteiger partial charge in [-0.15, -0.1) is 0 Å². The van der Waals surface area contributed by atoms with Gasteiger partial charge in [0, 0.05) is 33.0 Å². The van der Waals surface area contributed by atoms with E-state index >= 15 is 0 Å². The second-order valence-electron chi connectivity index (χ2n) is 10.4. The van der Waals surface area contributed by atoms with Crippen LogP contribution in [0, 0.1) is 0 Å². The van der Waals surface area contributed by atoms with E-state index in [-0.39, 0.29) is 0 Å². The summed E-state index contributed by atoms with van der Waals surface area (Å²) in [7, 11) is 0. The molecule has 0 atom stereocenters. The number of hydrogen-bond acceptors (Lipinski definition) is 4. The Kier molecular flexibility index (Phi) is 5.75. The van der Waals surface area contributed by atoms with Gasteiger partial charge in [-0.05, 0) is 35.0 Å². The highest BCUT2D eigenvalue weighted by Gasteiger charge is 2.10. The molecule has 0 unspecified atom stereocenters. The molecule has 4 nitrogen and oxygen atoms in total. The van der Waals surface area contributed by atoms with Gasteiger partial charge < -0.3 is 0 Å². The molecule has 0 fully saturated rings. The summed E-state index contributed by atoms with van der Waals surface area (Å²) in [5.74, 6) is 0. The summed E-state index contributed by atoms with van der Waals surface area (Å²) in [6.07, 6.45) is 3.68. The van der Waals surface area contributed by atoms with E-state index in [1.54, 1.807) is 0 Å². The van der Waals surface area contributed by atoms with E-state index < -0.39 is 0 Å². The molecule has 0 radical (unpaired) electrons. The summed E-state index contributed by atoms with van der Waals surface area (Å²) in [5, 5.41) is 4.45. The van der Waals surface area contributed by atoms with Crippen LogP contribution in [-0.4, -0.2) is 19.9 Å². The number of hydrogen-bond donors (Lipinski definition) is 0. The number of benzene rings is 5. The van der Waals surface area contributed by atoms with Crippen molar-refractivity contribution in [2.24, 2.45) is 0 Å². The molecule has 3 aromatic heterocycles. The molecule has 0 bridgehead atoms. The second-order valence-corrected chi connectivity index (χ2v) is 10.4. The molecule has 0 aliphatic rings. The first-order valence-electron chi connectivity index (χ1n) is 14.0. The normalized spacial score (nSPS) is 11.3. The summed E-state index contributed by atoms with van der Waals surface area (Å²) in [4.78, 5) is 19.5. The van der Waals surface area contributed by atoms with Gasteiger partial charge >= 0.3 is 0 Å². The fraction of sp³-hybridized carbons (Fsp3) is 0. The standard InChI is InChI=1S/C38H24N4/c1-3-7-25(8-4-1)33-19-17-27-11-12-28-18-20-34(42-38(28)37(27)41-33)31-15-13-30-22-32(16-14-29(30)21-31)36-24-39-35(23-40-36)26-9-5-2-6-10-26/h1-24H. The summed E-state index contributed by atoms with van der Waals surface area (Å²) in [5.41, 5.74) is 9.69. The SMILES string of the molecule is c1ccc(-c2cnc(-c3ccc4cc(-c5ccc6ccc7ccc(-c8ccccc8)nc7c6n5)ccc4c3)cn2)cc1. The molecule has 0 aliphatic heterocycles. The maximum absolute atomic E-state index is 5.13. The molecule has 0 spiro atoms. The molecule has 0 amide bonds. The van der Waals surface area contributed by atoms with Crippen molar-refractivity contribution in [1.82, 2.24) is 19.9 Å². The maximum Gasteiger partial charge on any atom is 0.0972 e. The molecule has 42 heavy (non-hydrogen) atoms. The van der Waals surface area contributed by atoms with Crippen molar-refractivity contribution in [3.05, 3.63) is 146 Å². The lowest BCUT2D eigenvalue weighted by Crippen LogP contribution is -1.91. The number of nitrogens with zero attached hydrogens (tertiary/aromatic N) is 4. The minimum absolute atomic E-state index is 0.853. The van der Waals surface area contributed by atoms with Gasteiger partial charge in [0.15, 0.2) is 0 Å². The Morgan fingerprint density at radius 3 is 1.24 bits per heavy atom. The van der Waals surface area contributed by atoms with E-state index in [0.717, 1.165) is 77.6 Å². The Morgan fingerprint density at radius 2 is 0.714 bits per heavy atom. The van der Waals surface area contributed by atoms with E-state index in [1.165, 1.54) is 0 Å². The number of pyridine rings is 2. The Hall–Kier alpha value is -5.74. The monoisotopic (exact) mass is 536 g/mol. The Bertz CT molecular complexity index is 2230. The molecular weight excluding hydrogens is 512 g/mol. The number of rotatable bonds is 4. The fourth-order valence-electron chi connectivity index (χ4n) is 5.50. The van der Waals surface area contributed by atoms with Crippen LogP contribution in [0.1, 0.15) is 0 Å². The minimum Gasteiger partial charge on any atom is -0.252 e. The molecule has 3 heterocycles. The van der Waals surface area contributed by atoms with E-state index in [4.69, 9.17) is 15.0 Å². The summed E-state index contributed by atoms with van der Waals surface area (Å²) in [6.45, 7) is 0. The Labute approximate surface area is 243 Å². The zero-order valence-electron chi connectivity index (χ0n) is 22.6. The second kappa shape index (κ2) is 10.0. The molecule has 8 rings (SSSR count). The van der Waals surface area contributed by atoms with Crippen molar-refractivity contribution in [1.29, 1.82) is 0 Å². The van der Waals surface area contributed by atoms with Crippen LogP contribution in [0.3, 0.4) is 0 Å². The maximum atomic E-state index is 5.13. The van der Waals surface area contributed by atoms with E-state index in [2.05, 4.69) is 89.9 Å². The van der Waals surface area contributed by atoms with Gasteiger partial charge in [0.1, 0.15) is 0 Å². The zero-order valence-corrected chi connectivity index (χ0v) is 22.6. The third kappa shape index (κ3) is 4.36. The Balaban J connectivity index is 1.15. The van der Waals surface area contributed by atoms with E-state index in [9.17, 15) is 0 Å². The van der Waals surface area contributed by atoms with Crippen molar-refractivity contribution < 1.29 is 0 Å². The average molecular weight is 537 g/mol. The molecule has 0 saturated heterocycles. The minimum atomic E-state index is 0.853. The van der Waals surface area contributed by atoms with Gasteiger partial charge in [-0.1, -0.05) is 109 Å². The highest BCUT2D eigenvalue weighted by atomic mass is 14.8. The highest BCUT2D eigenvalue weighted by Crippen LogP contribution is 2.31. The summed E-state index contributed by atoms with van der Waals surface area (Å²) < 4.78 is 0. The van der Waals surface area contributed by atoms with Crippen molar-refractivity contribution in [3.8, 4) is 45.0 Å². The lowest BCUT2D eigenvalue weighted by atomic mass is 10.0. The third-order valence-corrected chi connectivity index (χ3v) is 7.74. The first-order valence-corrected chi connectivity index (χ1v) is 14.0. The van der Waals surface area contributed by atoms with Crippen molar-refractivity contribution >= 4 is 32.6 Å². The van der Waals surface area contributed by atoms with Crippen LogP contribution in [-0.2, 0) is 0 Å². The van der Waals surface area contributed by atoms with Crippen molar-refractivity contribution in [3.63, 3.8) is 0 Å². The number of fused-ring (bicyclic) bond motifs is 4. The van der Waals surface area contributed by atoms with Crippen LogP contribution in [0.4, 0.5) is 0 Å². The van der Waals surface area contributed by atoms with Crippen LogP contribution in [0.25, 0.3) is 77.6 Å². The summed E-state index contributed by atoms with van der Waals surface area (Å²) in [6, 6.07) is 46.0. The predicted molar refractivity (Wildman–Crippen MR) is 172 cm³/mol. The highest BCUT2D eigenvalue weighted by molar-refractivity contribution is 6.04. The van der Waals surface area contributed by atoms with Gasteiger partial charge in [0.2, 0.25) is 0 Å². The van der Waals surface area contributed by atoms with Crippen LogP contribution < -0.4 is 0 Å². The molecule has 0 aliphatic carbocycles. The third-order valence-electron chi connectivity index (χ3n) is 7.74. The molecule has 5 aromatic carbocycles. The Morgan fingerprint density at radius 1 is 0.310 bits per heavy atom. The lowest BCUT2D eigenvalue weighted by molar-refractivity contribution is 1.21. The number of aromatic nitrogens is 4. The molecular formula is C38H24N4. The van der Waals surface area contributed by atoms with Crippen LogP contribution in [0.2, 0.25) is 0 Å². The smallest absolute Gasteiger partial charge is 0.0972 e.